The first-order valence-corrected chi connectivity index (χ1v) is 5.52. The number of hydrogen-bond donors (Lipinski definition) is 1. The number of carbonyl (C=O) groups excluding carboxylic acids is 1. The van der Waals surface area contributed by atoms with Gasteiger partial charge in [-0.1, -0.05) is 6.07 Å². The van der Waals surface area contributed by atoms with Crippen LogP contribution in [0.15, 0.2) is 12.1 Å². The van der Waals surface area contributed by atoms with E-state index >= 15 is 0 Å². The molecule has 17 heavy (non-hydrogen) atoms. The third kappa shape index (κ3) is 3.46. The topological polar surface area (TPSA) is 47.6 Å². The molecule has 0 aliphatic carbocycles. The second kappa shape index (κ2) is 6.25. The average Bonchev–Trinajstić information content (AvgIpc) is 2.28. The van der Waals surface area contributed by atoms with E-state index < -0.39 is 0 Å². The second-order valence-corrected chi connectivity index (χ2v) is 3.91. The van der Waals surface area contributed by atoms with Gasteiger partial charge >= 0.3 is 0 Å². The molecule has 0 aliphatic heterocycles. The van der Waals surface area contributed by atoms with Crippen molar-refractivity contribution in [3.8, 4) is 5.75 Å². The highest BCUT2D eigenvalue weighted by atomic mass is 16.5. The van der Waals surface area contributed by atoms with Gasteiger partial charge in [0.1, 0.15) is 5.75 Å². The van der Waals surface area contributed by atoms with E-state index in [0.717, 1.165) is 11.1 Å². The van der Waals surface area contributed by atoms with Crippen molar-refractivity contribution < 1.29 is 14.3 Å². The highest BCUT2D eigenvalue weighted by Gasteiger charge is 2.14. The van der Waals surface area contributed by atoms with Crippen LogP contribution in [-0.2, 0) is 4.74 Å². The Bertz CT molecular complexity index is 402. The second-order valence-electron chi connectivity index (χ2n) is 3.91. The minimum Gasteiger partial charge on any atom is -0.496 e. The SMILES string of the molecule is COCCNC(=O)c1cc(C)cc(C)c1OC. The van der Waals surface area contributed by atoms with E-state index in [2.05, 4.69) is 5.32 Å². The molecule has 0 bridgehead atoms. The summed E-state index contributed by atoms with van der Waals surface area (Å²) in [5, 5.41) is 2.79. The van der Waals surface area contributed by atoms with Gasteiger partial charge in [0.2, 0.25) is 0 Å². The van der Waals surface area contributed by atoms with E-state index in [1.165, 1.54) is 0 Å². The van der Waals surface area contributed by atoms with Crippen molar-refractivity contribution in [2.75, 3.05) is 27.4 Å². The molecule has 94 valence electrons. The average molecular weight is 237 g/mol. The quantitative estimate of drug-likeness (QED) is 0.793. The molecule has 1 aromatic rings. The lowest BCUT2D eigenvalue weighted by Gasteiger charge is -2.12. The smallest absolute Gasteiger partial charge is 0.255 e. The lowest BCUT2D eigenvalue weighted by atomic mass is 10.0. The highest BCUT2D eigenvalue weighted by Crippen LogP contribution is 2.24. The number of carbonyl (C=O) groups is 1. The van der Waals surface area contributed by atoms with Crippen molar-refractivity contribution >= 4 is 5.91 Å². The monoisotopic (exact) mass is 237 g/mol. The summed E-state index contributed by atoms with van der Waals surface area (Å²) in [4.78, 5) is 12.0. The molecule has 0 saturated carbocycles. The molecule has 0 radical (unpaired) electrons. The summed E-state index contributed by atoms with van der Waals surface area (Å²) in [5.74, 6) is 0.496. The Labute approximate surface area is 102 Å². The van der Waals surface area contributed by atoms with Crippen LogP contribution in [0, 0.1) is 13.8 Å². The molecular formula is C13H19NO3. The van der Waals surface area contributed by atoms with Gasteiger partial charge in [-0.05, 0) is 31.0 Å². The third-order valence-corrected chi connectivity index (χ3v) is 2.46. The van der Waals surface area contributed by atoms with Crippen molar-refractivity contribution in [2.24, 2.45) is 0 Å². The van der Waals surface area contributed by atoms with Gasteiger partial charge in [0, 0.05) is 13.7 Å². The number of nitrogens with one attached hydrogen (secondary N) is 1. The molecule has 0 aromatic heterocycles. The molecule has 0 aliphatic rings. The van der Waals surface area contributed by atoms with Crippen LogP contribution in [0.2, 0.25) is 0 Å². The molecule has 4 nitrogen and oxygen atoms in total. The zero-order valence-corrected chi connectivity index (χ0v) is 10.8. The third-order valence-electron chi connectivity index (χ3n) is 2.46. The highest BCUT2D eigenvalue weighted by molar-refractivity contribution is 5.97. The molecular weight excluding hydrogens is 218 g/mol. The van der Waals surface area contributed by atoms with E-state index in [4.69, 9.17) is 9.47 Å². The number of ether oxygens (including phenoxy) is 2. The molecule has 0 heterocycles. The van der Waals surface area contributed by atoms with Crippen LogP contribution in [0.4, 0.5) is 0 Å². The standard InChI is InChI=1S/C13H19NO3/c1-9-7-10(2)12(17-4)11(8-9)13(15)14-5-6-16-3/h7-8H,5-6H2,1-4H3,(H,14,15). The van der Waals surface area contributed by atoms with E-state index in [0.29, 0.717) is 24.5 Å². The molecule has 0 unspecified atom stereocenters. The number of benzene rings is 1. The first kappa shape index (κ1) is 13.5. The van der Waals surface area contributed by atoms with Gasteiger partial charge in [-0.2, -0.15) is 0 Å². The minimum atomic E-state index is -0.134. The van der Waals surface area contributed by atoms with Crippen molar-refractivity contribution in [3.63, 3.8) is 0 Å². The molecule has 4 heteroatoms. The Morgan fingerprint density at radius 1 is 1.29 bits per heavy atom. The summed E-state index contributed by atoms with van der Waals surface area (Å²) in [7, 11) is 3.17. The Morgan fingerprint density at radius 3 is 2.59 bits per heavy atom. The van der Waals surface area contributed by atoms with Gasteiger partial charge in [-0.15, -0.1) is 0 Å². The number of hydrogen-bond acceptors (Lipinski definition) is 3. The van der Waals surface area contributed by atoms with Gasteiger partial charge in [0.05, 0.1) is 19.3 Å². The van der Waals surface area contributed by atoms with Crippen molar-refractivity contribution in [2.45, 2.75) is 13.8 Å². The van der Waals surface area contributed by atoms with Crippen LogP contribution in [0.3, 0.4) is 0 Å². The van der Waals surface area contributed by atoms with E-state index in [9.17, 15) is 4.79 Å². The lowest BCUT2D eigenvalue weighted by Crippen LogP contribution is -2.27. The zero-order valence-electron chi connectivity index (χ0n) is 10.8. The number of rotatable bonds is 5. The molecule has 1 aromatic carbocycles. The Morgan fingerprint density at radius 2 is 2.00 bits per heavy atom. The first-order chi connectivity index (χ1) is 8.10. The fraction of sp³-hybridized carbons (Fsp3) is 0.462. The molecule has 1 rings (SSSR count). The molecule has 0 fully saturated rings. The van der Waals surface area contributed by atoms with Crippen LogP contribution in [0.25, 0.3) is 0 Å². The van der Waals surface area contributed by atoms with Crippen LogP contribution >= 0.6 is 0 Å². The summed E-state index contributed by atoms with van der Waals surface area (Å²) in [5.41, 5.74) is 2.57. The van der Waals surface area contributed by atoms with Gasteiger partial charge in [-0.25, -0.2) is 0 Å². The van der Waals surface area contributed by atoms with Crippen molar-refractivity contribution in [3.05, 3.63) is 28.8 Å². The van der Waals surface area contributed by atoms with E-state index in [1.807, 2.05) is 26.0 Å². The zero-order chi connectivity index (χ0) is 12.8. The van der Waals surface area contributed by atoms with Gasteiger partial charge < -0.3 is 14.8 Å². The summed E-state index contributed by atoms with van der Waals surface area (Å²) in [6, 6.07) is 3.82. The maximum Gasteiger partial charge on any atom is 0.255 e. The van der Waals surface area contributed by atoms with E-state index in [1.54, 1.807) is 14.2 Å². The van der Waals surface area contributed by atoms with Gasteiger partial charge in [-0.3, -0.25) is 4.79 Å². The van der Waals surface area contributed by atoms with Crippen molar-refractivity contribution in [1.29, 1.82) is 0 Å². The molecule has 1 N–H and O–H groups in total. The summed E-state index contributed by atoms with van der Waals surface area (Å²) in [6.07, 6.45) is 0. The molecule has 1 amide bonds. The number of amides is 1. The number of aryl methyl sites for hydroxylation is 2. The van der Waals surface area contributed by atoms with E-state index in [-0.39, 0.29) is 5.91 Å². The summed E-state index contributed by atoms with van der Waals surface area (Å²) in [6.45, 7) is 4.88. The first-order valence-electron chi connectivity index (χ1n) is 5.52. The Kier molecular flexibility index (Phi) is 4.97. The van der Waals surface area contributed by atoms with Crippen LogP contribution < -0.4 is 10.1 Å². The Hall–Kier alpha value is -1.55. The maximum atomic E-state index is 12.0. The largest absolute Gasteiger partial charge is 0.496 e. The predicted octanol–water partition coefficient (Wildman–Crippen LogP) is 1.69. The molecule has 0 spiro atoms. The van der Waals surface area contributed by atoms with Crippen LogP contribution in [0.1, 0.15) is 21.5 Å². The van der Waals surface area contributed by atoms with Gasteiger partial charge in [0.25, 0.3) is 5.91 Å². The number of methoxy groups -OCH3 is 2. The molecule has 0 saturated heterocycles. The maximum absolute atomic E-state index is 12.0. The lowest BCUT2D eigenvalue weighted by molar-refractivity contribution is 0.0934. The fourth-order valence-corrected chi connectivity index (χ4v) is 1.76. The van der Waals surface area contributed by atoms with Crippen LogP contribution in [-0.4, -0.2) is 33.3 Å². The minimum absolute atomic E-state index is 0.134. The fourth-order valence-electron chi connectivity index (χ4n) is 1.76. The predicted molar refractivity (Wildman–Crippen MR) is 66.7 cm³/mol. The summed E-state index contributed by atoms with van der Waals surface area (Å²) >= 11 is 0. The normalized spacial score (nSPS) is 10.1. The van der Waals surface area contributed by atoms with Gasteiger partial charge in [0.15, 0.2) is 0 Å². The van der Waals surface area contributed by atoms with Crippen LogP contribution in [0.5, 0.6) is 5.75 Å². The Balaban J connectivity index is 2.91. The summed E-state index contributed by atoms with van der Waals surface area (Å²) < 4.78 is 10.2. The van der Waals surface area contributed by atoms with Crippen molar-refractivity contribution in [1.82, 2.24) is 5.32 Å². The molecule has 0 atom stereocenters.